The van der Waals surface area contributed by atoms with Gasteiger partial charge in [0.05, 0.1) is 14.2 Å². The van der Waals surface area contributed by atoms with E-state index in [9.17, 15) is 19.2 Å². The van der Waals surface area contributed by atoms with Crippen molar-refractivity contribution in [2.75, 3.05) is 25.7 Å². The molecule has 2 unspecified atom stereocenters. The summed E-state index contributed by atoms with van der Waals surface area (Å²) in [5.41, 5.74) is 2.42. The number of ether oxygens (including phenoxy) is 2. The summed E-state index contributed by atoms with van der Waals surface area (Å²) in [7, 11) is 3.62. The molecule has 0 aromatic heterocycles. The van der Waals surface area contributed by atoms with Crippen molar-refractivity contribution in [2.24, 2.45) is 0 Å². The minimum Gasteiger partial charge on any atom is -0.467 e. The number of carbonyl (C=O) groups is 4. The van der Waals surface area contributed by atoms with Crippen molar-refractivity contribution >= 4 is 58.8 Å². The van der Waals surface area contributed by atoms with Gasteiger partial charge in [0.25, 0.3) is 11.8 Å². The lowest BCUT2D eigenvalue weighted by Gasteiger charge is -2.15. The van der Waals surface area contributed by atoms with Gasteiger partial charge in [0.2, 0.25) is 0 Å². The predicted octanol–water partition coefficient (Wildman–Crippen LogP) is 2.40. The molecule has 2 aromatic carbocycles. The average molecular weight is 509 g/mol. The Hall–Kier alpha value is -2.63. The summed E-state index contributed by atoms with van der Waals surface area (Å²) >= 11 is 8.07. The molecular formula is C22H24N2O6S3. The topological polar surface area (TPSA) is 111 Å². The zero-order valence-corrected chi connectivity index (χ0v) is 20.5. The molecule has 0 bridgehead atoms. The molecular weight excluding hydrogens is 484 g/mol. The van der Waals surface area contributed by atoms with E-state index < -0.39 is 35.8 Å². The highest BCUT2D eigenvalue weighted by Crippen LogP contribution is 2.21. The van der Waals surface area contributed by atoms with E-state index >= 15 is 0 Å². The van der Waals surface area contributed by atoms with Crippen molar-refractivity contribution < 1.29 is 28.7 Å². The molecule has 2 atom stereocenters. The largest absolute Gasteiger partial charge is 0.467 e. The van der Waals surface area contributed by atoms with E-state index in [0.29, 0.717) is 11.1 Å². The third-order valence-corrected chi connectivity index (χ3v) is 5.93. The standard InChI is InChI=1S/C22H24N2O6S3/c1-29-21(27)17(11-31)23-19(25)15-7-3-13(4-8-15)14-5-9-16(10-6-14)20(26)24-18(12-33-32)22(28)30-2/h3-10,17-18,31-32H,11-12H2,1-2H3,(H,23,25)(H,24,26). The minimum atomic E-state index is -0.839. The van der Waals surface area contributed by atoms with E-state index in [4.69, 9.17) is 4.74 Å². The highest BCUT2D eigenvalue weighted by atomic mass is 33.1. The summed E-state index contributed by atoms with van der Waals surface area (Å²) in [6, 6.07) is 11.9. The summed E-state index contributed by atoms with van der Waals surface area (Å²) in [6.07, 6.45) is 0. The average Bonchev–Trinajstić information content (AvgIpc) is 2.86. The third kappa shape index (κ3) is 7.44. The Morgan fingerprint density at radius 2 is 1.18 bits per heavy atom. The molecule has 0 fully saturated rings. The second-order valence-corrected chi connectivity index (χ2v) is 8.46. The molecule has 0 aliphatic carbocycles. The third-order valence-electron chi connectivity index (χ3n) is 4.63. The van der Waals surface area contributed by atoms with Crippen LogP contribution in [0.5, 0.6) is 0 Å². The first-order valence-corrected chi connectivity index (χ1v) is 12.4. The monoisotopic (exact) mass is 508 g/mol. The summed E-state index contributed by atoms with van der Waals surface area (Å²) in [6.45, 7) is 0. The number of hydrogen-bond donors (Lipinski definition) is 4. The maximum atomic E-state index is 12.5. The van der Waals surface area contributed by atoms with Crippen molar-refractivity contribution in [1.29, 1.82) is 0 Å². The Morgan fingerprint density at radius 1 is 0.788 bits per heavy atom. The van der Waals surface area contributed by atoms with E-state index in [2.05, 4.69) is 39.7 Å². The first kappa shape index (κ1) is 26.6. The molecule has 0 saturated heterocycles. The number of esters is 2. The molecule has 0 radical (unpaired) electrons. The number of nitrogens with one attached hydrogen (secondary N) is 2. The van der Waals surface area contributed by atoms with E-state index in [1.807, 2.05) is 0 Å². The summed E-state index contributed by atoms with van der Waals surface area (Å²) in [5, 5.41) is 5.21. The SMILES string of the molecule is COC(=O)C(CS)NC(=O)c1ccc(-c2ccc(C(=O)NC(CSS)C(=O)OC)cc2)cc1. The molecule has 8 nitrogen and oxygen atoms in total. The first-order chi connectivity index (χ1) is 15.8. The molecule has 0 heterocycles. The quantitative estimate of drug-likeness (QED) is 0.222. The van der Waals surface area contributed by atoms with Gasteiger partial charge in [-0.3, -0.25) is 9.59 Å². The Morgan fingerprint density at radius 3 is 1.55 bits per heavy atom. The van der Waals surface area contributed by atoms with E-state index in [-0.39, 0.29) is 11.5 Å². The van der Waals surface area contributed by atoms with E-state index in [1.54, 1.807) is 48.5 Å². The Labute approximate surface area is 206 Å². The molecule has 11 heteroatoms. The zero-order chi connectivity index (χ0) is 24.4. The highest BCUT2D eigenvalue weighted by molar-refractivity contribution is 8.68. The van der Waals surface area contributed by atoms with Crippen LogP contribution in [0.3, 0.4) is 0 Å². The number of methoxy groups -OCH3 is 2. The Bertz CT molecular complexity index is 983. The van der Waals surface area contributed by atoms with E-state index in [0.717, 1.165) is 21.9 Å². The van der Waals surface area contributed by atoms with Crippen LogP contribution in [-0.2, 0) is 19.1 Å². The summed E-state index contributed by atoms with van der Waals surface area (Å²) < 4.78 is 9.33. The van der Waals surface area contributed by atoms with E-state index in [1.165, 1.54) is 14.2 Å². The molecule has 2 rings (SSSR count). The Balaban J connectivity index is 2.07. The number of benzene rings is 2. The van der Waals surface area contributed by atoms with Crippen LogP contribution in [0, 0.1) is 0 Å². The van der Waals surface area contributed by atoms with Crippen LogP contribution >= 0.6 is 35.1 Å². The van der Waals surface area contributed by atoms with Crippen LogP contribution < -0.4 is 10.6 Å². The second kappa shape index (κ2) is 13.2. The lowest BCUT2D eigenvalue weighted by molar-refractivity contribution is -0.143. The Kier molecular flexibility index (Phi) is 10.6. The molecule has 0 saturated carbocycles. The predicted molar refractivity (Wildman–Crippen MR) is 134 cm³/mol. The fourth-order valence-corrected chi connectivity index (χ4v) is 3.87. The van der Waals surface area contributed by atoms with Gasteiger partial charge in [-0.1, -0.05) is 35.1 Å². The van der Waals surface area contributed by atoms with Gasteiger partial charge < -0.3 is 20.1 Å². The van der Waals surface area contributed by atoms with Crippen molar-refractivity contribution in [3.05, 3.63) is 59.7 Å². The number of carbonyl (C=O) groups excluding carboxylic acids is 4. The van der Waals surface area contributed by atoms with Crippen molar-refractivity contribution in [1.82, 2.24) is 10.6 Å². The highest BCUT2D eigenvalue weighted by Gasteiger charge is 2.22. The molecule has 176 valence electrons. The van der Waals surface area contributed by atoms with Crippen molar-refractivity contribution in [3.8, 4) is 11.1 Å². The second-order valence-electron chi connectivity index (χ2n) is 6.73. The zero-order valence-electron chi connectivity index (χ0n) is 17.9. The maximum Gasteiger partial charge on any atom is 0.329 e. The fraction of sp³-hybridized carbons (Fsp3) is 0.273. The molecule has 2 aromatic rings. The minimum absolute atomic E-state index is 0.115. The van der Waals surface area contributed by atoms with Crippen LogP contribution in [-0.4, -0.2) is 61.6 Å². The van der Waals surface area contributed by atoms with Crippen LogP contribution in [0.4, 0.5) is 0 Å². The van der Waals surface area contributed by atoms with Crippen molar-refractivity contribution in [3.63, 3.8) is 0 Å². The summed E-state index contributed by atoms with van der Waals surface area (Å²) in [5.74, 6) is -1.55. The van der Waals surface area contributed by atoms with Gasteiger partial charge in [0.15, 0.2) is 0 Å². The van der Waals surface area contributed by atoms with Gasteiger partial charge in [0.1, 0.15) is 12.1 Å². The molecule has 0 aliphatic heterocycles. The van der Waals surface area contributed by atoms with Gasteiger partial charge in [-0.25, -0.2) is 9.59 Å². The van der Waals surface area contributed by atoms with Gasteiger partial charge in [-0.15, -0.1) is 11.7 Å². The van der Waals surface area contributed by atoms with Crippen LogP contribution in [0.2, 0.25) is 0 Å². The lowest BCUT2D eigenvalue weighted by atomic mass is 10.0. The normalized spacial score (nSPS) is 12.2. The lowest BCUT2D eigenvalue weighted by Crippen LogP contribution is -2.43. The molecule has 2 N–H and O–H groups in total. The molecule has 2 amide bonds. The first-order valence-electron chi connectivity index (χ1n) is 9.69. The van der Waals surface area contributed by atoms with Crippen molar-refractivity contribution in [2.45, 2.75) is 12.1 Å². The fourth-order valence-electron chi connectivity index (χ4n) is 2.82. The van der Waals surface area contributed by atoms with Gasteiger partial charge in [0, 0.05) is 22.6 Å². The smallest absolute Gasteiger partial charge is 0.329 e. The number of thiol groups is 2. The van der Waals surface area contributed by atoms with Gasteiger partial charge in [-0.05, 0) is 35.4 Å². The number of rotatable bonds is 10. The summed E-state index contributed by atoms with van der Waals surface area (Å²) in [4.78, 5) is 48.2. The molecule has 0 aliphatic rings. The molecule has 0 spiro atoms. The maximum absolute atomic E-state index is 12.5. The van der Waals surface area contributed by atoms with Crippen LogP contribution in [0.25, 0.3) is 11.1 Å². The molecule has 33 heavy (non-hydrogen) atoms. The van der Waals surface area contributed by atoms with Gasteiger partial charge in [-0.2, -0.15) is 12.6 Å². The van der Waals surface area contributed by atoms with Crippen LogP contribution in [0.1, 0.15) is 20.7 Å². The van der Waals surface area contributed by atoms with Crippen LogP contribution in [0.15, 0.2) is 48.5 Å². The number of hydrogen-bond acceptors (Lipinski definition) is 9. The van der Waals surface area contributed by atoms with Gasteiger partial charge >= 0.3 is 11.9 Å². The number of amides is 2.